The number of likely N-dealkylation sites (tertiary alicyclic amines) is 1. The molecule has 2 aliphatic rings. The van der Waals surface area contributed by atoms with Gasteiger partial charge in [-0.05, 0) is 56.2 Å². The summed E-state index contributed by atoms with van der Waals surface area (Å²) in [5, 5.41) is 5.20. The number of carbonyl (C=O) groups excluding carboxylic acids is 1. The van der Waals surface area contributed by atoms with Gasteiger partial charge in [-0.15, -0.1) is 11.3 Å². The van der Waals surface area contributed by atoms with Crippen molar-refractivity contribution in [3.05, 3.63) is 52.2 Å². The van der Waals surface area contributed by atoms with Crippen LogP contribution in [0.5, 0.6) is 5.75 Å². The number of nitrogens with one attached hydrogen (secondary N) is 1. The van der Waals surface area contributed by atoms with E-state index >= 15 is 0 Å². The Balaban J connectivity index is 1.46. The molecule has 0 bridgehead atoms. The van der Waals surface area contributed by atoms with E-state index in [0.717, 1.165) is 44.6 Å². The van der Waals surface area contributed by atoms with Gasteiger partial charge in [0.25, 0.3) is 0 Å². The number of rotatable bonds is 5. The Morgan fingerprint density at radius 2 is 2.04 bits per heavy atom. The van der Waals surface area contributed by atoms with Crippen LogP contribution in [0.2, 0.25) is 0 Å². The quantitative estimate of drug-likeness (QED) is 0.802. The Kier molecular flexibility index (Phi) is 5.74. The lowest BCUT2D eigenvalue weighted by molar-refractivity contribution is -0.122. The summed E-state index contributed by atoms with van der Waals surface area (Å²) >= 11 is 1.83. The first-order valence-corrected chi connectivity index (χ1v) is 11.2. The van der Waals surface area contributed by atoms with Crippen LogP contribution >= 0.6 is 11.3 Å². The third-order valence-corrected chi connectivity index (χ3v) is 6.77. The van der Waals surface area contributed by atoms with E-state index < -0.39 is 0 Å². The fourth-order valence-electron chi connectivity index (χ4n) is 4.58. The van der Waals surface area contributed by atoms with E-state index in [1.54, 1.807) is 0 Å². The Morgan fingerprint density at radius 1 is 1.25 bits per heavy atom. The van der Waals surface area contributed by atoms with Crippen LogP contribution in [0.25, 0.3) is 0 Å². The number of amides is 1. The molecule has 1 aromatic heterocycles. The third-order valence-electron chi connectivity index (χ3n) is 5.91. The molecule has 1 aromatic carbocycles. The number of carbonyl (C=O) groups is 1. The minimum atomic E-state index is -0.136. The van der Waals surface area contributed by atoms with Crippen LogP contribution in [0.1, 0.15) is 55.9 Å². The summed E-state index contributed by atoms with van der Waals surface area (Å²) in [4.78, 5) is 16.4. The number of thiophene rings is 1. The second-order valence-electron chi connectivity index (χ2n) is 8.51. The van der Waals surface area contributed by atoms with Crippen LogP contribution in [-0.2, 0) is 11.3 Å². The lowest BCUT2D eigenvalue weighted by atomic mass is 9.76. The van der Waals surface area contributed by atoms with Gasteiger partial charge in [0.05, 0.1) is 0 Å². The van der Waals surface area contributed by atoms with Crippen molar-refractivity contribution in [1.82, 2.24) is 10.2 Å². The number of ether oxygens (including phenoxy) is 1. The van der Waals surface area contributed by atoms with Crippen molar-refractivity contribution in [3.8, 4) is 5.75 Å². The smallest absolute Gasteiger partial charge is 0.220 e. The van der Waals surface area contributed by atoms with Crippen molar-refractivity contribution in [2.24, 2.45) is 0 Å². The second-order valence-corrected chi connectivity index (χ2v) is 9.54. The lowest BCUT2D eigenvalue weighted by Gasteiger charge is -2.47. The number of piperidine rings is 1. The molecule has 0 saturated carbocycles. The molecule has 2 aromatic rings. The molecule has 150 valence electrons. The Morgan fingerprint density at radius 3 is 2.75 bits per heavy atom. The summed E-state index contributed by atoms with van der Waals surface area (Å²) in [6.45, 7) is 7.15. The van der Waals surface area contributed by atoms with E-state index in [2.05, 4.69) is 45.9 Å². The molecule has 1 amide bonds. The minimum absolute atomic E-state index is 0.136. The molecule has 28 heavy (non-hydrogen) atoms. The van der Waals surface area contributed by atoms with Gasteiger partial charge in [-0.3, -0.25) is 9.69 Å². The Hall–Kier alpha value is -1.85. The van der Waals surface area contributed by atoms with E-state index in [-0.39, 0.29) is 23.5 Å². The highest BCUT2D eigenvalue weighted by atomic mass is 32.1. The highest BCUT2D eigenvalue weighted by Crippen LogP contribution is 2.46. The molecule has 5 heteroatoms. The molecule has 3 heterocycles. The summed E-state index contributed by atoms with van der Waals surface area (Å²) < 4.78 is 6.58. The second kappa shape index (κ2) is 8.26. The number of nitrogens with zero attached hydrogens (tertiary/aromatic N) is 1. The van der Waals surface area contributed by atoms with Crippen LogP contribution in [-0.4, -0.2) is 35.5 Å². The van der Waals surface area contributed by atoms with Crippen molar-refractivity contribution in [1.29, 1.82) is 0 Å². The molecular weight excluding hydrogens is 368 g/mol. The summed E-state index contributed by atoms with van der Waals surface area (Å²) in [5.41, 5.74) is 1.05. The predicted molar refractivity (Wildman–Crippen MR) is 114 cm³/mol. The van der Waals surface area contributed by atoms with E-state index in [1.165, 1.54) is 10.4 Å². The lowest BCUT2D eigenvalue weighted by Crippen LogP contribution is -2.50. The molecule has 4 rings (SSSR count). The maximum absolute atomic E-state index is 12.5. The van der Waals surface area contributed by atoms with Gasteiger partial charge in [0, 0.05) is 42.9 Å². The summed E-state index contributed by atoms with van der Waals surface area (Å²) in [6, 6.07) is 12.8. The summed E-state index contributed by atoms with van der Waals surface area (Å²) in [7, 11) is 0. The standard InChI is InChI=1S/C23H30N2O2S/c1-17(2)24-22(26)14-18-15-23(27-21-8-4-3-7-20(18)21)9-11-25(12-10-23)16-19-6-5-13-28-19/h3-8,13,17-18H,9-12,14-16H2,1-2H3,(H,24,26)/t18-/m0/s1. The first-order chi connectivity index (χ1) is 13.5. The summed E-state index contributed by atoms with van der Waals surface area (Å²) in [5.74, 6) is 1.34. The summed E-state index contributed by atoms with van der Waals surface area (Å²) in [6.07, 6.45) is 3.52. The molecule has 1 N–H and O–H groups in total. The third kappa shape index (κ3) is 4.41. The first-order valence-electron chi connectivity index (χ1n) is 10.3. The minimum Gasteiger partial charge on any atom is -0.487 e. The van der Waals surface area contributed by atoms with E-state index in [1.807, 2.05) is 31.3 Å². The van der Waals surface area contributed by atoms with Gasteiger partial charge < -0.3 is 10.1 Å². The normalized spacial score (nSPS) is 21.3. The molecule has 1 spiro atoms. The number of hydrogen-bond acceptors (Lipinski definition) is 4. The zero-order chi connectivity index (χ0) is 19.6. The molecule has 1 saturated heterocycles. The van der Waals surface area contributed by atoms with Crippen molar-refractivity contribution < 1.29 is 9.53 Å². The molecular formula is C23H30N2O2S. The zero-order valence-electron chi connectivity index (χ0n) is 16.8. The predicted octanol–water partition coefficient (Wildman–Crippen LogP) is 4.56. The van der Waals surface area contributed by atoms with Gasteiger partial charge in [-0.2, -0.15) is 0 Å². The Bertz CT molecular complexity index is 795. The van der Waals surface area contributed by atoms with Gasteiger partial charge in [0.15, 0.2) is 0 Å². The van der Waals surface area contributed by atoms with Crippen LogP contribution in [0.15, 0.2) is 41.8 Å². The average molecular weight is 399 g/mol. The largest absolute Gasteiger partial charge is 0.487 e. The maximum Gasteiger partial charge on any atom is 0.220 e. The van der Waals surface area contributed by atoms with Crippen LogP contribution in [0.4, 0.5) is 0 Å². The molecule has 2 aliphatic heterocycles. The van der Waals surface area contributed by atoms with Crippen molar-refractivity contribution in [2.45, 2.75) is 63.6 Å². The van der Waals surface area contributed by atoms with Gasteiger partial charge >= 0.3 is 0 Å². The SMILES string of the molecule is CC(C)NC(=O)C[C@H]1CC2(CCN(Cc3cccs3)CC2)Oc2ccccc21. The number of para-hydroxylation sites is 1. The Labute approximate surface area is 171 Å². The monoisotopic (exact) mass is 398 g/mol. The molecule has 4 nitrogen and oxygen atoms in total. The van der Waals surface area contributed by atoms with Crippen molar-refractivity contribution in [2.75, 3.05) is 13.1 Å². The van der Waals surface area contributed by atoms with Gasteiger partial charge in [0.1, 0.15) is 11.4 Å². The van der Waals surface area contributed by atoms with Crippen LogP contribution in [0.3, 0.4) is 0 Å². The maximum atomic E-state index is 12.5. The molecule has 1 atom stereocenters. The molecule has 0 aliphatic carbocycles. The number of fused-ring (bicyclic) bond motifs is 1. The average Bonchev–Trinajstić information content (AvgIpc) is 3.16. The fraction of sp³-hybridized carbons (Fsp3) is 0.522. The first kappa shape index (κ1) is 19.5. The topological polar surface area (TPSA) is 41.6 Å². The van der Waals surface area contributed by atoms with Crippen LogP contribution < -0.4 is 10.1 Å². The highest BCUT2D eigenvalue weighted by Gasteiger charge is 2.43. The van der Waals surface area contributed by atoms with E-state index in [0.29, 0.717) is 6.42 Å². The van der Waals surface area contributed by atoms with Crippen molar-refractivity contribution >= 4 is 17.2 Å². The van der Waals surface area contributed by atoms with Crippen molar-refractivity contribution in [3.63, 3.8) is 0 Å². The van der Waals surface area contributed by atoms with Crippen LogP contribution in [0, 0.1) is 0 Å². The molecule has 0 unspecified atom stereocenters. The zero-order valence-corrected chi connectivity index (χ0v) is 17.6. The number of benzene rings is 1. The van der Waals surface area contributed by atoms with E-state index in [9.17, 15) is 4.79 Å². The molecule has 1 fully saturated rings. The van der Waals surface area contributed by atoms with Gasteiger partial charge in [-0.1, -0.05) is 24.3 Å². The van der Waals surface area contributed by atoms with E-state index in [4.69, 9.17) is 4.74 Å². The highest BCUT2D eigenvalue weighted by molar-refractivity contribution is 7.09. The molecule has 0 radical (unpaired) electrons. The van der Waals surface area contributed by atoms with Gasteiger partial charge in [-0.25, -0.2) is 0 Å². The number of hydrogen-bond donors (Lipinski definition) is 1. The van der Waals surface area contributed by atoms with Gasteiger partial charge in [0.2, 0.25) is 5.91 Å². The fourth-order valence-corrected chi connectivity index (χ4v) is 5.33.